The first-order valence-corrected chi connectivity index (χ1v) is 25.5. The summed E-state index contributed by atoms with van der Waals surface area (Å²) < 4.78 is 5.11. The number of anilines is 6. The number of hydrogen-bond acceptors (Lipinski definition) is 4. The van der Waals surface area contributed by atoms with Crippen molar-refractivity contribution in [3.8, 4) is 11.1 Å². The summed E-state index contributed by atoms with van der Waals surface area (Å²) in [5, 5.41) is 14.9. The summed E-state index contributed by atoms with van der Waals surface area (Å²) in [5.41, 5.74) is 15.3. The van der Waals surface area contributed by atoms with Gasteiger partial charge in [-0.3, -0.25) is 4.98 Å². The normalized spacial score (nSPS) is 12.0. The third kappa shape index (κ3) is 6.34. The molecule has 0 fully saturated rings. The lowest BCUT2D eigenvalue weighted by Crippen LogP contribution is -2.10. The Bertz CT molecular complexity index is 4680. The average Bonchev–Trinajstić information content (AvgIpc) is 4.07. The van der Waals surface area contributed by atoms with Crippen molar-refractivity contribution in [2.24, 2.45) is 0 Å². The van der Waals surface area contributed by atoms with Gasteiger partial charge in [0.1, 0.15) is 0 Å². The average molecular weight is 937 g/mol. The van der Waals surface area contributed by atoms with Gasteiger partial charge < -0.3 is 14.2 Å². The monoisotopic (exact) mass is 936 g/mol. The van der Waals surface area contributed by atoms with E-state index >= 15 is 0 Å². The van der Waals surface area contributed by atoms with Crippen LogP contribution in [0.15, 0.2) is 231 Å². The molecule has 11 aromatic carbocycles. The molecule has 0 aliphatic carbocycles. The maximum atomic E-state index is 4.49. The zero-order valence-electron chi connectivity index (χ0n) is 39.6. The van der Waals surface area contributed by atoms with Gasteiger partial charge in [0.2, 0.25) is 0 Å². The molecule has 0 unspecified atom stereocenters. The molecule has 4 aromatic heterocycles. The molecule has 15 rings (SSSR count). The van der Waals surface area contributed by atoms with Crippen molar-refractivity contribution in [3.05, 3.63) is 242 Å². The Balaban J connectivity index is 0.968. The predicted molar refractivity (Wildman–Crippen MR) is 309 cm³/mol. The van der Waals surface area contributed by atoms with Crippen molar-refractivity contribution in [3.63, 3.8) is 0 Å². The molecule has 0 saturated heterocycles. The van der Waals surface area contributed by atoms with Crippen LogP contribution >= 0.6 is 11.3 Å². The van der Waals surface area contributed by atoms with Crippen molar-refractivity contribution in [2.45, 2.75) is 13.8 Å². The molecular weight excluding hydrogens is 893 g/mol. The van der Waals surface area contributed by atoms with Crippen LogP contribution in [0.2, 0.25) is 0 Å². The second kappa shape index (κ2) is 15.7. The van der Waals surface area contributed by atoms with Crippen molar-refractivity contribution in [2.75, 3.05) is 9.80 Å². The number of aryl methyl sites for hydroxylation is 2. The summed E-state index contributed by atoms with van der Waals surface area (Å²) in [6.07, 6.45) is 3.83. The summed E-state index contributed by atoms with van der Waals surface area (Å²) in [6, 6.07) is 81.3. The van der Waals surface area contributed by atoms with E-state index in [-0.39, 0.29) is 0 Å². The van der Waals surface area contributed by atoms with Crippen LogP contribution in [0.5, 0.6) is 0 Å². The quantitative estimate of drug-likeness (QED) is 0.159. The van der Waals surface area contributed by atoms with Crippen LogP contribution in [0.4, 0.5) is 34.1 Å². The van der Waals surface area contributed by atoms with Crippen LogP contribution in [-0.4, -0.2) is 9.38 Å². The molecule has 0 radical (unpaired) electrons. The van der Waals surface area contributed by atoms with E-state index in [1.165, 1.54) is 107 Å². The minimum Gasteiger partial charge on any atom is -0.310 e. The van der Waals surface area contributed by atoms with E-state index < -0.39 is 0 Å². The number of rotatable bonds is 7. The highest BCUT2D eigenvalue weighted by molar-refractivity contribution is 7.26. The predicted octanol–water partition coefficient (Wildman–Crippen LogP) is 19.3. The molecule has 0 N–H and O–H groups in total. The van der Waals surface area contributed by atoms with Crippen molar-refractivity contribution in [1.29, 1.82) is 0 Å². The lowest BCUT2D eigenvalue weighted by atomic mass is 9.97. The molecular formula is C67H44N4S. The van der Waals surface area contributed by atoms with Gasteiger partial charge in [0.05, 0.1) is 16.6 Å². The van der Waals surface area contributed by atoms with E-state index in [0.717, 1.165) is 39.5 Å². The Labute approximate surface area is 419 Å². The first-order chi connectivity index (χ1) is 35.5. The molecule has 0 spiro atoms. The smallest absolute Gasteiger partial charge is 0.0620 e. The molecule has 72 heavy (non-hydrogen) atoms. The summed E-state index contributed by atoms with van der Waals surface area (Å²) in [5.74, 6) is 0. The van der Waals surface area contributed by atoms with Crippen LogP contribution in [0.25, 0.3) is 102 Å². The second-order valence-corrected chi connectivity index (χ2v) is 20.5. The lowest BCUT2D eigenvalue weighted by Gasteiger charge is -2.26. The van der Waals surface area contributed by atoms with E-state index in [1.807, 2.05) is 23.7 Å². The topological polar surface area (TPSA) is 23.8 Å². The Morgan fingerprint density at radius 2 is 0.958 bits per heavy atom. The van der Waals surface area contributed by atoms with E-state index in [4.69, 9.17) is 0 Å². The summed E-state index contributed by atoms with van der Waals surface area (Å²) in [7, 11) is 0. The van der Waals surface area contributed by atoms with Crippen LogP contribution in [0, 0.1) is 13.8 Å². The number of nitrogens with zero attached hydrogens (tertiary/aromatic N) is 4. The number of pyridine rings is 1. The van der Waals surface area contributed by atoms with E-state index in [9.17, 15) is 0 Å². The summed E-state index contributed by atoms with van der Waals surface area (Å²) >= 11 is 1.88. The van der Waals surface area contributed by atoms with Gasteiger partial charge >= 0.3 is 0 Å². The minimum absolute atomic E-state index is 1.09. The second-order valence-electron chi connectivity index (χ2n) is 19.4. The molecule has 4 nitrogen and oxygen atoms in total. The highest BCUT2D eigenvalue weighted by atomic mass is 32.1. The van der Waals surface area contributed by atoms with Crippen molar-refractivity contribution in [1.82, 2.24) is 9.38 Å². The summed E-state index contributed by atoms with van der Waals surface area (Å²) in [6.45, 7) is 4.34. The zero-order valence-corrected chi connectivity index (χ0v) is 40.5. The first-order valence-electron chi connectivity index (χ1n) is 24.7. The Kier molecular flexibility index (Phi) is 8.92. The van der Waals surface area contributed by atoms with Gasteiger partial charge in [0.15, 0.2) is 0 Å². The number of fused-ring (bicyclic) bond motifs is 13. The third-order valence-electron chi connectivity index (χ3n) is 14.9. The van der Waals surface area contributed by atoms with Crippen LogP contribution in [0.1, 0.15) is 11.1 Å². The van der Waals surface area contributed by atoms with Gasteiger partial charge in [0, 0.05) is 93.6 Å². The van der Waals surface area contributed by atoms with Gasteiger partial charge in [0.25, 0.3) is 0 Å². The fourth-order valence-corrected chi connectivity index (χ4v) is 12.8. The molecule has 338 valence electrons. The maximum Gasteiger partial charge on any atom is 0.0620 e. The molecule has 0 bridgehead atoms. The molecule has 0 amide bonds. The first kappa shape index (κ1) is 40.8. The molecule has 15 aromatic rings. The lowest BCUT2D eigenvalue weighted by molar-refractivity contribution is 1.27. The highest BCUT2D eigenvalue weighted by Crippen LogP contribution is 2.48. The highest BCUT2D eigenvalue weighted by Gasteiger charge is 2.24. The van der Waals surface area contributed by atoms with Crippen molar-refractivity contribution < 1.29 is 0 Å². The number of hydrogen-bond donors (Lipinski definition) is 0. The van der Waals surface area contributed by atoms with E-state index in [2.05, 4.69) is 251 Å². The Hall–Kier alpha value is -9.03. The van der Waals surface area contributed by atoms with Crippen molar-refractivity contribution >= 4 is 136 Å². The van der Waals surface area contributed by atoms with E-state index in [0.29, 0.717) is 0 Å². The van der Waals surface area contributed by atoms with Gasteiger partial charge in [-0.25, -0.2) is 0 Å². The molecule has 4 heterocycles. The van der Waals surface area contributed by atoms with Gasteiger partial charge in [-0.2, -0.15) is 0 Å². The molecule has 0 atom stereocenters. The Morgan fingerprint density at radius 1 is 0.361 bits per heavy atom. The summed E-state index contributed by atoms with van der Waals surface area (Å²) in [4.78, 5) is 9.29. The number of aromatic nitrogens is 2. The zero-order chi connectivity index (χ0) is 47.6. The fourth-order valence-electron chi connectivity index (χ4n) is 11.6. The number of thiophene rings is 1. The van der Waals surface area contributed by atoms with Gasteiger partial charge in [-0.05, 0) is 172 Å². The maximum absolute atomic E-state index is 4.49. The minimum atomic E-state index is 1.09. The number of benzene rings is 11. The molecule has 0 saturated carbocycles. The van der Waals surface area contributed by atoms with Gasteiger partial charge in [-0.15, -0.1) is 11.3 Å². The SMILES string of the molecule is Cc1cccc(N(c2ccc3ccccc3c2)c2ccc3c(c2)sc2ccc4cc5c6cc(-c7ccccc7)cc7c8ccc(N(c9cccc(C)c9)c9ccc%10ccncc%10c9)cc8n(c5cc4c23)c76)c1. The van der Waals surface area contributed by atoms with Crippen LogP contribution in [-0.2, 0) is 0 Å². The molecule has 5 heteroatoms. The van der Waals surface area contributed by atoms with Gasteiger partial charge in [-0.1, -0.05) is 109 Å². The largest absolute Gasteiger partial charge is 0.310 e. The van der Waals surface area contributed by atoms with Crippen LogP contribution in [0.3, 0.4) is 0 Å². The van der Waals surface area contributed by atoms with E-state index in [1.54, 1.807) is 0 Å². The molecule has 0 aliphatic rings. The van der Waals surface area contributed by atoms with Crippen LogP contribution < -0.4 is 9.80 Å². The Morgan fingerprint density at radius 3 is 1.71 bits per heavy atom. The standard InChI is InChI=1S/C67H44N4S/c1-41-10-8-16-50(30-41)69(53-22-19-45-28-29-68-40-49(45)33-53)54-23-25-56-60-35-48(43-12-4-3-5-13-43)36-61-59-34-47-20-27-64-66(58(47)39-63(59)71(67(60)61)62(56)37-54)57-26-24-55(38-65(57)72-64)70(51-17-9-11-42(2)31-51)52-21-18-44-14-6-7-15-46(44)32-52/h3-40H,1-2H3. The molecule has 0 aliphatic heterocycles. The third-order valence-corrected chi connectivity index (χ3v) is 16.1. The fraction of sp³-hybridized carbons (Fsp3) is 0.0299.